The van der Waals surface area contributed by atoms with E-state index in [1.165, 1.54) is 12.1 Å². The van der Waals surface area contributed by atoms with Gasteiger partial charge in [0.2, 0.25) is 5.75 Å². The highest BCUT2D eigenvalue weighted by Gasteiger charge is 2.43. The first kappa shape index (κ1) is 20.3. The topological polar surface area (TPSA) is 56.8 Å². The van der Waals surface area contributed by atoms with Gasteiger partial charge in [-0.3, -0.25) is 4.79 Å². The quantitative estimate of drug-likeness (QED) is 0.763. The number of carbonyl (C=O) groups is 1. The van der Waals surface area contributed by atoms with Crippen molar-refractivity contribution < 1.29 is 23.4 Å². The minimum absolute atomic E-state index is 0.0885. The molecule has 1 heterocycles. The highest BCUT2D eigenvalue weighted by atomic mass is 19.1. The van der Waals surface area contributed by atoms with Gasteiger partial charge in [-0.1, -0.05) is 26.0 Å². The molecule has 30 heavy (non-hydrogen) atoms. The summed E-state index contributed by atoms with van der Waals surface area (Å²) in [5.41, 5.74) is 3.86. The molecule has 4 rings (SSSR count). The minimum atomic E-state index is -0.393. The first-order valence-corrected chi connectivity index (χ1v) is 9.91. The van der Waals surface area contributed by atoms with Crippen LogP contribution in [0.3, 0.4) is 0 Å². The molecular weight excluding hydrogens is 385 g/mol. The highest BCUT2D eigenvalue weighted by molar-refractivity contribution is 6.02. The third kappa shape index (κ3) is 3.20. The van der Waals surface area contributed by atoms with Crippen LogP contribution < -0.4 is 19.5 Å². The van der Waals surface area contributed by atoms with Crippen LogP contribution in [0.5, 0.6) is 17.2 Å². The van der Waals surface area contributed by atoms with Crippen LogP contribution >= 0.6 is 0 Å². The molecule has 0 saturated carbocycles. The number of hydrogen-bond donors (Lipinski definition) is 1. The number of anilines is 1. The largest absolute Gasteiger partial charge is 0.493 e. The number of fused-ring (bicyclic) bond motifs is 1. The van der Waals surface area contributed by atoms with E-state index in [2.05, 4.69) is 19.2 Å². The Balaban J connectivity index is 2.03. The zero-order chi connectivity index (χ0) is 21.6. The maximum absolute atomic E-state index is 13.7. The van der Waals surface area contributed by atoms with Crippen LogP contribution in [-0.2, 0) is 4.79 Å². The van der Waals surface area contributed by atoms with Gasteiger partial charge >= 0.3 is 0 Å². The number of rotatable bonds is 4. The molecule has 1 aliphatic carbocycles. The summed E-state index contributed by atoms with van der Waals surface area (Å²) in [5.74, 6) is 0.861. The van der Waals surface area contributed by atoms with E-state index in [0.29, 0.717) is 29.2 Å². The smallest absolute Gasteiger partial charge is 0.203 e. The number of halogens is 1. The lowest BCUT2D eigenvalue weighted by Crippen LogP contribution is -2.34. The summed E-state index contributed by atoms with van der Waals surface area (Å²) in [6.07, 6.45) is 1.19. The molecule has 0 bridgehead atoms. The van der Waals surface area contributed by atoms with E-state index in [1.54, 1.807) is 33.5 Å². The third-order valence-electron chi connectivity index (χ3n) is 5.85. The molecule has 0 fully saturated rings. The minimum Gasteiger partial charge on any atom is -0.493 e. The SMILES string of the molecule is COc1cc2c(c(OC)c1OC)[C@H](c1ccc(F)cc1)C1=C(CC(C)(C)CC1=O)N2. The average Bonchev–Trinajstić information content (AvgIpc) is 2.70. The fourth-order valence-corrected chi connectivity index (χ4v) is 4.65. The summed E-state index contributed by atoms with van der Waals surface area (Å²) >= 11 is 0. The molecule has 0 amide bonds. The first-order chi connectivity index (χ1) is 14.3. The molecule has 0 unspecified atom stereocenters. The normalized spacial score (nSPS) is 19.5. The molecule has 0 radical (unpaired) electrons. The molecule has 5 nitrogen and oxygen atoms in total. The van der Waals surface area contributed by atoms with E-state index in [0.717, 1.165) is 28.9 Å². The zero-order valence-electron chi connectivity index (χ0n) is 17.9. The molecule has 0 aromatic heterocycles. The van der Waals surface area contributed by atoms with E-state index >= 15 is 0 Å². The average molecular weight is 411 g/mol. The number of allylic oxidation sites excluding steroid dienone is 2. The summed E-state index contributed by atoms with van der Waals surface area (Å²) in [5, 5.41) is 3.47. The summed E-state index contributed by atoms with van der Waals surface area (Å²) in [7, 11) is 4.69. The second-order valence-electron chi connectivity index (χ2n) is 8.55. The summed E-state index contributed by atoms with van der Waals surface area (Å²) in [4.78, 5) is 13.3. The Labute approximate surface area is 175 Å². The fraction of sp³-hybridized carbons (Fsp3) is 0.375. The van der Waals surface area contributed by atoms with Gasteiger partial charge in [-0.2, -0.15) is 0 Å². The number of hydrogen-bond acceptors (Lipinski definition) is 5. The van der Waals surface area contributed by atoms with Gasteiger partial charge in [-0.05, 0) is 29.5 Å². The van der Waals surface area contributed by atoms with Gasteiger partial charge in [0.25, 0.3) is 0 Å². The molecule has 2 aliphatic rings. The van der Waals surface area contributed by atoms with Crippen molar-refractivity contribution in [1.29, 1.82) is 0 Å². The number of Topliss-reactive ketones (excluding diaryl/α,β-unsaturated/α-hetero) is 1. The van der Waals surface area contributed by atoms with Crippen molar-refractivity contribution in [2.24, 2.45) is 5.41 Å². The molecule has 0 spiro atoms. The number of ketones is 1. The Morgan fingerprint density at radius 3 is 2.27 bits per heavy atom. The summed E-state index contributed by atoms with van der Waals surface area (Å²) in [6.45, 7) is 4.18. The molecule has 2 aromatic carbocycles. The van der Waals surface area contributed by atoms with Gasteiger partial charge < -0.3 is 19.5 Å². The fourth-order valence-electron chi connectivity index (χ4n) is 4.65. The molecule has 1 N–H and O–H groups in total. The molecule has 1 atom stereocenters. The number of nitrogens with one attached hydrogen (secondary N) is 1. The number of methoxy groups -OCH3 is 3. The Morgan fingerprint density at radius 2 is 1.67 bits per heavy atom. The molecule has 2 aromatic rings. The lowest BCUT2D eigenvalue weighted by molar-refractivity contribution is -0.118. The second kappa shape index (κ2) is 7.35. The van der Waals surface area contributed by atoms with Gasteiger partial charge in [0.05, 0.1) is 27.0 Å². The van der Waals surface area contributed by atoms with Gasteiger partial charge in [0.1, 0.15) is 5.82 Å². The Bertz CT molecular complexity index is 1040. The lowest BCUT2D eigenvalue weighted by Gasteiger charge is -2.40. The predicted octanol–water partition coefficient (Wildman–Crippen LogP) is 5.05. The van der Waals surface area contributed by atoms with Crippen LogP contribution in [0.4, 0.5) is 10.1 Å². The monoisotopic (exact) mass is 411 g/mol. The van der Waals surface area contributed by atoms with Crippen LogP contribution in [-0.4, -0.2) is 27.1 Å². The van der Waals surface area contributed by atoms with E-state index in [9.17, 15) is 9.18 Å². The Kier molecular flexibility index (Phi) is 4.96. The van der Waals surface area contributed by atoms with E-state index in [4.69, 9.17) is 14.2 Å². The van der Waals surface area contributed by atoms with Gasteiger partial charge in [0, 0.05) is 35.2 Å². The van der Waals surface area contributed by atoms with Crippen LogP contribution in [0.2, 0.25) is 0 Å². The Hall–Kier alpha value is -3.02. The lowest BCUT2D eigenvalue weighted by atomic mass is 9.68. The third-order valence-corrected chi connectivity index (χ3v) is 5.85. The maximum atomic E-state index is 13.7. The van der Waals surface area contributed by atoms with E-state index in [1.807, 2.05) is 6.07 Å². The maximum Gasteiger partial charge on any atom is 0.203 e. The van der Waals surface area contributed by atoms with Crippen LogP contribution in [0.25, 0.3) is 0 Å². The second-order valence-corrected chi connectivity index (χ2v) is 8.55. The molecule has 6 heteroatoms. The molecule has 158 valence electrons. The van der Waals surface area contributed by atoms with Gasteiger partial charge in [-0.25, -0.2) is 4.39 Å². The van der Waals surface area contributed by atoms with E-state index in [-0.39, 0.29) is 17.0 Å². The van der Waals surface area contributed by atoms with E-state index < -0.39 is 5.92 Å². The van der Waals surface area contributed by atoms with Gasteiger partial charge in [-0.15, -0.1) is 0 Å². The van der Waals surface area contributed by atoms with Crippen molar-refractivity contribution in [2.75, 3.05) is 26.6 Å². The van der Waals surface area contributed by atoms with Crippen molar-refractivity contribution >= 4 is 11.5 Å². The highest BCUT2D eigenvalue weighted by Crippen LogP contribution is 2.55. The standard InChI is InChI=1S/C24H26FNO4/c1-24(2)11-16-20(17(27)12-24)19(13-6-8-14(25)9-7-13)21-15(26-16)10-18(28-3)22(29-4)23(21)30-5/h6-10,19,26H,11-12H2,1-5H3/t19-/m1/s1. The first-order valence-electron chi connectivity index (χ1n) is 9.91. The molecular formula is C24H26FNO4. The molecule has 0 saturated heterocycles. The van der Waals surface area contributed by atoms with Crippen LogP contribution in [0, 0.1) is 11.2 Å². The van der Waals surface area contributed by atoms with Crippen molar-refractivity contribution in [2.45, 2.75) is 32.6 Å². The number of benzene rings is 2. The number of carbonyl (C=O) groups excluding carboxylic acids is 1. The van der Waals surface area contributed by atoms with Crippen molar-refractivity contribution in [3.05, 3.63) is 58.5 Å². The van der Waals surface area contributed by atoms with Crippen molar-refractivity contribution in [3.63, 3.8) is 0 Å². The predicted molar refractivity (Wildman–Crippen MR) is 113 cm³/mol. The Morgan fingerprint density at radius 1 is 1.00 bits per heavy atom. The summed E-state index contributed by atoms with van der Waals surface area (Å²) < 4.78 is 30.5. The molecule has 1 aliphatic heterocycles. The summed E-state index contributed by atoms with van der Waals surface area (Å²) in [6, 6.07) is 8.15. The number of ether oxygens (including phenoxy) is 3. The van der Waals surface area contributed by atoms with Crippen molar-refractivity contribution in [1.82, 2.24) is 0 Å². The van der Waals surface area contributed by atoms with Crippen LogP contribution in [0.1, 0.15) is 43.7 Å². The zero-order valence-corrected chi connectivity index (χ0v) is 17.9. The van der Waals surface area contributed by atoms with Crippen molar-refractivity contribution in [3.8, 4) is 17.2 Å². The van der Waals surface area contributed by atoms with Crippen LogP contribution in [0.15, 0.2) is 41.6 Å². The van der Waals surface area contributed by atoms with Gasteiger partial charge in [0.15, 0.2) is 17.3 Å².